The third-order valence-electron chi connectivity index (χ3n) is 7.14. The first-order chi connectivity index (χ1) is 13.2. The highest BCUT2D eigenvalue weighted by molar-refractivity contribution is 5.66. The predicted molar refractivity (Wildman–Crippen MR) is 98.9 cm³/mol. The number of hydrogen-bond donors (Lipinski definition) is 2. The van der Waals surface area contributed by atoms with E-state index in [0.717, 1.165) is 18.5 Å². The summed E-state index contributed by atoms with van der Waals surface area (Å²) in [5.41, 5.74) is 7.46. The molecule has 2 heterocycles. The van der Waals surface area contributed by atoms with E-state index in [1.54, 1.807) is 0 Å². The summed E-state index contributed by atoms with van der Waals surface area (Å²) in [6, 6.07) is 3.68. The average Bonchev–Trinajstić information content (AvgIpc) is 3.30. The first-order valence-electron chi connectivity index (χ1n) is 9.75. The number of aliphatic hydroxyl groups is 1. The van der Waals surface area contributed by atoms with E-state index in [-0.39, 0.29) is 23.0 Å². The number of ether oxygens (including phenoxy) is 1. The van der Waals surface area contributed by atoms with Crippen molar-refractivity contribution in [2.24, 2.45) is 17.8 Å². The Morgan fingerprint density at radius 1 is 1.43 bits per heavy atom. The second kappa shape index (κ2) is 5.43. The van der Waals surface area contributed by atoms with Crippen molar-refractivity contribution < 1.29 is 18.6 Å². The van der Waals surface area contributed by atoms with Gasteiger partial charge in [0.05, 0.1) is 11.3 Å². The van der Waals surface area contributed by atoms with Gasteiger partial charge in [-0.1, -0.05) is 6.92 Å². The zero-order valence-electron chi connectivity index (χ0n) is 16.1. The van der Waals surface area contributed by atoms with Gasteiger partial charge in [0.1, 0.15) is 0 Å². The molecule has 4 saturated carbocycles. The SMILES string of the molecule is CCC(C)n1nc(-c2cnc(N)c(OC(F)F)c2)cc1C12C3CC(C)(O)C1C32. The normalized spacial score (nSPS) is 35.8. The molecule has 6 unspecified atom stereocenters. The van der Waals surface area contributed by atoms with Crippen LogP contribution in [0.15, 0.2) is 18.3 Å². The van der Waals surface area contributed by atoms with E-state index in [1.807, 2.05) is 17.7 Å². The van der Waals surface area contributed by atoms with E-state index in [2.05, 4.69) is 23.6 Å². The summed E-state index contributed by atoms with van der Waals surface area (Å²) >= 11 is 0. The largest absolute Gasteiger partial charge is 0.431 e. The molecule has 0 amide bonds. The number of anilines is 1. The molecule has 0 aliphatic heterocycles. The molecule has 2 aromatic heterocycles. The molecular formula is C20H24F2N4O2. The second-order valence-corrected chi connectivity index (χ2v) is 8.71. The van der Waals surface area contributed by atoms with E-state index >= 15 is 0 Å². The molecule has 8 heteroatoms. The fraction of sp³-hybridized carbons (Fsp3) is 0.600. The lowest BCUT2D eigenvalue weighted by Gasteiger charge is -2.19. The van der Waals surface area contributed by atoms with E-state index in [9.17, 15) is 13.9 Å². The fourth-order valence-corrected chi connectivity index (χ4v) is 5.73. The summed E-state index contributed by atoms with van der Waals surface area (Å²) in [6.07, 6.45) is 3.28. The highest BCUT2D eigenvalue weighted by Gasteiger charge is 2.96. The Labute approximate surface area is 161 Å². The van der Waals surface area contributed by atoms with Crippen molar-refractivity contribution in [2.75, 3.05) is 5.73 Å². The van der Waals surface area contributed by atoms with Crippen molar-refractivity contribution in [2.45, 2.75) is 57.3 Å². The Bertz CT molecular complexity index is 954. The van der Waals surface area contributed by atoms with Crippen molar-refractivity contribution >= 4 is 5.82 Å². The molecule has 28 heavy (non-hydrogen) atoms. The van der Waals surface area contributed by atoms with Crippen LogP contribution in [0, 0.1) is 17.8 Å². The Morgan fingerprint density at radius 2 is 2.18 bits per heavy atom. The van der Waals surface area contributed by atoms with Gasteiger partial charge in [0.15, 0.2) is 11.6 Å². The monoisotopic (exact) mass is 390 g/mol. The number of nitrogen functional groups attached to an aromatic ring is 1. The average molecular weight is 390 g/mol. The summed E-state index contributed by atoms with van der Waals surface area (Å²) in [5.74, 6) is 1.12. The second-order valence-electron chi connectivity index (χ2n) is 8.71. The lowest BCUT2D eigenvalue weighted by Crippen LogP contribution is -2.24. The fourth-order valence-electron chi connectivity index (χ4n) is 5.73. The number of hydrogen-bond acceptors (Lipinski definition) is 5. The highest BCUT2D eigenvalue weighted by atomic mass is 19.3. The summed E-state index contributed by atoms with van der Waals surface area (Å²) in [4.78, 5) is 4.00. The van der Waals surface area contributed by atoms with Crippen LogP contribution in [0.25, 0.3) is 11.3 Å². The summed E-state index contributed by atoms with van der Waals surface area (Å²) in [6.45, 7) is 3.18. The van der Waals surface area contributed by atoms with E-state index in [1.165, 1.54) is 12.3 Å². The molecule has 6 atom stereocenters. The summed E-state index contributed by atoms with van der Waals surface area (Å²) < 4.78 is 31.8. The maximum absolute atomic E-state index is 12.6. The third kappa shape index (κ3) is 2.15. The molecular weight excluding hydrogens is 366 g/mol. The summed E-state index contributed by atoms with van der Waals surface area (Å²) in [5, 5.41) is 15.5. The number of nitrogens with zero attached hydrogens (tertiary/aromatic N) is 3. The van der Waals surface area contributed by atoms with Gasteiger partial charge in [0.25, 0.3) is 0 Å². The quantitative estimate of drug-likeness (QED) is 0.790. The Hall–Kier alpha value is -2.22. The molecule has 2 bridgehead atoms. The number of alkyl halides is 2. The van der Waals surface area contributed by atoms with Gasteiger partial charge < -0.3 is 15.6 Å². The first kappa shape index (κ1) is 17.8. The maximum Gasteiger partial charge on any atom is 0.387 e. The number of aromatic nitrogens is 3. The number of pyridine rings is 1. The molecule has 4 aliphatic rings. The molecule has 4 fully saturated rings. The molecule has 6 nitrogen and oxygen atoms in total. The topological polar surface area (TPSA) is 86.2 Å². The van der Waals surface area contributed by atoms with Crippen LogP contribution in [-0.4, -0.2) is 32.1 Å². The molecule has 0 radical (unpaired) electrons. The third-order valence-corrected chi connectivity index (χ3v) is 7.14. The van der Waals surface area contributed by atoms with Crippen LogP contribution < -0.4 is 10.5 Å². The van der Waals surface area contributed by atoms with Gasteiger partial charge >= 0.3 is 6.61 Å². The van der Waals surface area contributed by atoms with Crippen molar-refractivity contribution in [1.82, 2.24) is 14.8 Å². The van der Waals surface area contributed by atoms with Crippen LogP contribution in [0.4, 0.5) is 14.6 Å². The standard InChI is InChI=1S/C20H24F2N4O2/c1-4-9(2)26-14(20-11-7-19(3,27)16(20)15(11)20)6-12(25-26)10-5-13(28-18(21)22)17(23)24-8-10/h5-6,8-9,11,15-16,18,27H,4,7H2,1-3H3,(H2,23,24). The predicted octanol–water partition coefficient (Wildman–Crippen LogP) is 3.37. The Balaban J connectivity index is 1.56. The smallest absolute Gasteiger partial charge is 0.387 e. The van der Waals surface area contributed by atoms with Crippen molar-refractivity contribution in [3.63, 3.8) is 0 Å². The Morgan fingerprint density at radius 3 is 2.75 bits per heavy atom. The van der Waals surface area contributed by atoms with Gasteiger partial charge in [-0.2, -0.15) is 13.9 Å². The minimum Gasteiger partial charge on any atom is -0.431 e. The maximum atomic E-state index is 12.6. The zero-order valence-corrected chi connectivity index (χ0v) is 16.1. The number of rotatable bonds is 6. The van der Waals surface area contributed by atoms with Crippen LogP contribution in [0.3, 0.4) is 0 Å². The van der Waals surface area contributed by atoms with Gasteiger partial charge in [0, 0.05) is 34.8 Å². The summed E-state index contributed by atoms with van der Waals surface area (Å²) in [7, 11) is 0. The van der Waals surface area contributed by atoms with Crippen LogP contribution >= 0.6 is 0 Å². The van der Waals surface area contributed by atoms with Gasteiger partial charge in [-0.25, -0.2) is 4.98 Å². The molecule has 0 aromatic carbocycles. The van der Waals surface area contributed by atoms with Gasteiger partial charge in [-0.05, 0) is 50.7 Å². The van der Waals surface area contributed by atoms with Gasteiger partial charge in [0.2, 0.25) is 0 Å². The molecule has 0 spiro atoms. The van der Waals surface area contributed by atoms with E-state index < -0.39 is 12.2 Å². The molecule has 4 aliphatic carbocycles. The molecule has 3 N–H and O–H groups in total. The van der Waals surface area contributed by atoms with Gasteiger partial charge in [-0.15, -0.1) is 0 Å². The van der Waals surface area contributed by atoms with Crippen LogP contribution in [-0.2, 0) is 5.41 Å². The molecule has 150 valence electrons. The lowest BCUT2D eigenvalue weighted by atomic mass is 9.96. The highest BCUT2D eigenvalue weighted by Crippen LogP contribution is 2.93. The molecule has 0 saturated heterocycles. The van der Waals surface area contributed by atoms with Crippen molar-refractivity contribution in [3.05, 3.63) is 24.0 Å². The van der Waals surface area contributed by atoms with Gasteiger partial charge in [-0.3, -0.25) is 4.68 Å². The first-order valence-corrected chi connectivity index (χ1v) is 9.75. The molecule has 6 rings (SSSR count). The lowest BCUT2D eigenvalue weighted by molar-refractivity contribution is -0.0494. The minimum atomic E-state index is -2.97. The zero-order chi connectivity index (χ0) is 20.0. The number of halogens is 2. The number of fused-ring (bicyclic) bond motifs is 1. The van der Waals surface area contributed by atoms with Crippen molar-refractivity contribution in [3.8, 4) is 17.0 Å². The van der Waals surface area contributed by atoms with E-state index in [4.69, 9.17) is 10.8 Å². The minimum absolute atomic E-state index is 0.0295. The number of nitrogens with two attached hydrogens (primary N) is 1. The van der Waals surface area contributed by atoms with Crippen LogP contribution in [0.1, 0.15) is 45.3 Å². The van der Waals surface area contributed by atoms with E-state index in [0.29, 0.717) is 29.0 Å². The van der Waals surface area contributed by atoms with Crippen molar-refractivity contribution in [1.29, 1.82) is 0 Å². The van der Waals surface area contributed by atoms with Crippen LogP contribution in [0.5, 0.6) is 5.75 Å². The molecule has 2 aromatic rings. The Kier molecular flexibility index (Phi) is 3.46. The van der Waals surface area contributed by atoms with Crippen LogP contribution in [0.2, 0.25) is 0 Å².